The SMILES string of the molecule is CC(=O)N1CCCC2(CC(c3cccnc3)=CO2)C1. The number of piperidine rings is 1. The second-order valence-corrected chi connectivity index (χ2v) is 5.41. The summed E-state index contributed by atoms with van der Waals surface area (Å²) >= 11 is 0. The first kappa shape index (κ1) is 12.2. The highest BCUT2D eigenvalue weighted by Gasteiger charge is 2.41. The molecule has 2 aliphatic heterocycles. The van der Waals surface area contributed by atoms with Crippen LogP contribution in [0, 0.1) is 0 Å². The van der Waals surface area contributed by atoms with Crippen molar-refractivity contribution in [3.8, 4) is 0 Å². The van der Waals surface area contributed by atoms with Gasteiger partial charge in [-0.15, -0.1) is 0 Å². The minimum absolute atomic E-state index is 0.137. The molecule has 1 spiro atoms. The van der Waals surface area contributed by atoms with Gasteiger partial charge in [-0.1, -0.05) is 6.07 Å². The van der Waals surface area contributed by atoms with Crippen LogP contribution in [0.3, 0.4) is 0 Å². The number of pyridine rings is 1. The number of carbonyl (C=O) groups excluding carboxylic acids is 1. The maximum atomic E-state index is 11.5. The summed E-state index contributed by atoms with van der Waals surface area (Å²) in [6, 6.07) is 3.98. The zero-order valence-electron chi connectivity index (χ0n) is 11.1. The summed E-state index contributed by atoms with van der Waals surface area (Å²) in [5.41, 5.74) is 2.08. The molecule has 19 heavy (non-hydrogen) atoms. The van der Waals surface area contributed by atoms with E-state index in [0.29, 0.717) is 6.54 Å². The summed E-state index contributed by atoms with van der Waals surface area (Å²) in [6.07, 6.45) is 8.36. The lowest BCUT2D eigenvalue weighted by molar-refractivity contribution is -0.135. The second-order valence-electron chi connectivity index (χ2n) is 5.41. The molecule has 4 nitrogen and oxygen atoms in total. The number of hydrogen-bond acceptors (Lipinski definition) is 3. The Hall–Kier alpha value is -1.84. The lowest BCUT2D eigenvalue weighted by Gasteiger charge is -2.39. The van der Waals surface area contributed by atoms with Gasteiger partial charge in [-0.05, 0) is 30.0 Å². The largest absolute Gasteiger partial charge is 0.492 e. The molecule has 0 aliphatic carbocycles. The molecule has 1 saturated heterocycles. The van der Waals surface area contributed by atoms with Crippen molar-refractivity contribution < 1.29 is 9.53 Å². The van der Waals surface area contributed by atoms with E-state index in [4.69, 9.17) is 4.74 Å². The topological polar surface area (TPSA) is 42.4 Å². The number of nitrogens with zero attached hydrogens (tertiary/aromatic N) is 2. The van der Waals surface area contributed by atoms with E-state index in [0.717, 1.165) is 31.4 Å². The van der Waals surface area contributed by atoms with Crippen LogP contribution in [0.4, 0.5) is 0 Å². The van der Waals surface area contributed by atoms with Gasteiger partial charge in [0, 0.05) is 32.3 Å². The molecule has 1 unspecified atom stereocenters. The van der Waals surface area contributed by atoms with Crippen LogP contribution in [0.2, 0.25) is 0 Å². The number of hydrogen-bond donors (Lipinski definition) is 0. The van der Waals surface area contributed by atoms with Gasteiger partial charge in [0.05, 0.1) is 12.8 Å². The number of amides is 1. The summed E-state index contributed by atoms with van der Waals surface area (Å²) in [5.74, 6) is 0.137. The number of likely N-dealkylation sites (tertiary alicyclic amines) is 1. The number of aromatic nitrogens is 1. The van der Waals surface area contributed by atoms with E-state index in [1.165, 1.54) is 5.57 Å². The molecule has 1 amide bonds. The summed E-state index contributed by atoms with van der Waals surface area (Å²) in [5, 5.41) is 0. The molecule has 2 aliphatic rings. The van der Waals surface area contributed by atoms with Gasteiger partial charge in [-0.2, -0.15) is 0 Å². The van der Waals surface area contributed by atoms with Crippen molar-refractivity contribution in [1.82, 2.24) is 9.88 Å². The van der Waals surface area contributed by atoms with Gasteiger partial charge in [0.15, 0.2) is 0 Å². The molecule has 1 aromatic rings. The van der Waals surface area contributed by atoms with Gasteiger partial charge >= 0.3 is 0 Å². The van der Waals surface area contributed by atoms with Crippen LogP contribution in [0.1, 0.15) is 31.7 Å². The predicted molar refractivity (Wildman–Crippen MR) is 72.1 cm³/mol. The van der Waals surface area contributed by atoms with Gasteiger partial charge in [0.1, 0.15) is 5.60 Å². The van der Waals surface area contributed by atoms with Gasteiger partial charge < -0.3 is 9.64 Å². The van der Waals surface area contributed by atoms with E-state index in [9.17, 15) is 4.79 Å². The first-order valence-corrected chi connectivity index (χ1v) is 6.71. The van der Waals surface area contributed by atoms with Crippen molar-refractivity contribution in [2.45, 2.75) is 31.8 Å². The van der Waals surface area contributed by atoms with Gasteiger partial charge in [0.2, 0.25) is 5.91 Å². The molecule has 0 saturated carbocycles. The van der Waals surface area contributed by atoms with Gasteiger partial charge in [-0.25, -0.2) is 0 Å². The fourth-order valence-corrected chi connectivity index (χ4v) is 2.96. The van der Waals surface area contributed by atoms with E-state index >= 15 is 0 Å². The normalized spacial score (nSPS) is 26.2. The van der Waals surface area contributed by atoms with Gasteiger partial charge in [-0.3, -0.25) is 9.78 Å². The van der Waals surface area contributed by atoms with Crippen molar-refractivity contribution in [1.29, 1.82) is 0 Å². The second kappa shape index (κ2) is 4.68. The fraction of sp³-hybridized carbons (Fsp3) is 0.467. The summed E-state index contributed by atoms with van der Waals surface area (Å²) in [7, 11) is 0. The third-order valence-corrected chi connectivity index (χ3v) is 3.98. The molecule has 100 valence electrons. The lowest BCUT2D eigenvalue weighted by atomic mass is 9.86. The van der Waals surface area contributed by atoms with Crippen molar-refractivity contribution in [3.63, 3.8) is 0 Å². The van der Waals surface area contributed by atoms with Crippen LogP contribution in [-0.2, 0) is 9.53 Å². The molecule has 0 radical (unpaired) electrons. The minimum Gasteiger partial charge on any atom is -0.492 e. The zero-order chi connectivity index (χ0) is 13.3. The van der Waals surface area contributed by atoms with E-state index < -0.39 is 0 Å². The molecule has 4 heteroatoms. The minimum atomic E-state index is -0.213. The Balaban J connectivity index is 1.74. The van der Waals surface area contributed by atoms with Gasteiger partial charge in [0.25, 0.3) is 0 Å². The maximum Gasteiger partial charge on any atom is 0.219 e. The summed E-state index contributed by atoms with van der Waals surface area (Å²) < 4.78 is 5.95. The maximum absolute atomic E-state index is 11.5. The predicted octanol–water partition coefficient (Wildman–Crippen LogP) is 2.22. The van der Waals surface area contributed by atoms with Crippen molar-refractivity contribution in [2.24, 2.45) is 0 Å². The van der Waals surface area contributed by atoms with Crippen LogP contribution in [0.15, 0.2) is 30.8 Å². The Morgan fingerprint density at radius 1 is 1.53 bits per heavy atom. The molecule has 0 aromatic carbocycles. The zero-order valence-corrected chi connectivity index (χ0v) is 11.1. The van der Waals surface area contributed by atoms with E-state index in [1.807, 2.05) is 29.5 Å². The molecule has 1 aromatic heterocycles. The molecular formula is C15H18N2O2. The first-order chi connectivity index (χ1) is 9.19. The molecule has 0 bridgehead atoms. The number of ether oxygens (including phenoxy) is 1. The average Bonchev–Trinajstić information content (AvgIpc) is 2.83. The number of rotatable bonds is 1. The third-order valence-electron chi connectivity index (χ3n) is 3.98. The van der Waals surface area contributed by atoms with Crippen molar-refractivity contribution >= 4 is 11.5 Å². The Bertz CT molecular complexity index is 512. The molecule has 1 atom stereocenters. The average molecular weight is 258 g/mol. The molecular weight excluding hydrogens is 240 g/mol. The highest BCUT2D eigenvalue weighted by atomic mass is 16.5. The molecule has 0 N–H and O–H groups in total. The summed E-state index contributed by atoms with van der Waals surface area (Å²) in [6.45, 7) is 3.18. The van der Waals surface area contributed by atoms with E-state index in [1.54, 1.807) is 13.1 Å². The smallest absolute Gasteiger partial charge is 0.219 e. The van der Waals surface area contributed by atoms with Crippen LogP contribution < -0.4 is 0 Å². The van der Waals surface area contributed by atoms with Crippen molar-refractivity contribution in [2.75, 3.05) is 13.1 Å². The Morgan fingerprint density at radius 3 is 3.16 bits per heavy atom. The third kappa shape index (κ3) is 2.35. The summed E-state index contributed by atoms with van der Waals surface area (Å²) in [4.78, 5) is 17.6. The standard InChI is InChI=1S/C15H18N2O2/c1-12(18)17-7-3-5-15(11-17)8-14(10-19-15)13-4-2-6-16-9-13/h2,4,6,9-10H,3,5,7-8,11H2,1H3. The van der Waals surface area contributed by atoms with Crippen LogP contribution >= 0.6 is 0 Å². The molecule has 3 rings (SSSR count). The van der Waals surface area contributed by atoms with E-state index in [2.05, 4.69) is 4.98 Å². The number of carbonyl (C=O) groups is 1. The van der Waals surface area contributed by atoms with Crippen LogP contribution in [0.25, 0.3) is 5.57 Å². The van der Waals surface area contributed by atoms with Crippen LogP contribution in [-0.4, -0.2) is 34.5 Å². The van der Waals surface area contributed by atoms with Crippen molar-refractivity contribution in [3.05, 3.63) is 36.4 Å². The fourth-order valence-electron chi connectivity index (χ4n) is 2.96. The van der Waals surface area contributed by atoms with E-state index in [-0.39, 0.29) is 11.5 Å². The highest BCUT2D eigenvalue weighted by Crippen LogP contribution is 2.40. The Labute approximate surface area is 113 Å². The first-order valence-electron chi connectivity index (χ1n) is 6.71. The lowest BCUT2D eigenvalue weighted by Crippen LogP contribution is -2.49. The Kier molecular flexibility index (Phi) is 3.01. The highest BCUT2D eigenvalue weighted by molar-refractivity contribution is 5.74. The molecule has 1 fully saturated rings. The Morgan fingerprint density at radius 2 is 2.42 bits per heavy atom. The quantitative estimate of drug-likeness (QED) is 0.775. The van der Waals surface area contributed by atoms with Crippen LogP contribution in [0.5, 0.6) is 0 Å². The molecule has 3 heterocycles. The monoisotopic (exact) mass is 258 g/mol.